The fourth-order valence-electron chi connectivity index (χ4n) is 2.99. The normalized spacial score (nSPS) is 17.6. The Bertz CT molecular complexity index is 862. The van der Waals surface area contributed by atoms with Gasteiger partial charge in [0, 0.05) is 36.1 Å². The van der Waals surface area contributed by atoms with Crippen molar-refractivity contribution in [1.29, 1.82) is 0 Å². The van der Waals surface area contributed by atoms with Crippen molar-refractivity contribution in [3.05, 3.63) is 51.7 Å². The first-order valence-electron chi connectivity index (χ1n) is 8.68. The molecule has 3 rings (SSSR count). The lowest BCUT2D eigenvalue weighted by Crippen LogP contribution is -2.54. The summed E-state index contributed by atoms with van der Waals surface area (Å²) in [6.45, 7) is 4.11. The number of benzene rings is 1. The van der Waals surface area contributed by atoms with Crippen molar-refractivity contribution in [3.63, 3.8) is 0 Å². The van der Waals surface area contributed by atoms with Crippen LogP contribution in [0, 0.1) is 0 Å². The smallest absolute Gasteiger partial charge is 0.243 e. The molecule has 6 nitrogen and oxygen atoms in total. The maximum Gasteiger partial charge on any atom is 0.243 e. The summed E-state index contributed by atoms with van der Waals surface area (Å²) in [7, 11) is -3.54. The van der Waals surface area contributed by atoms with E-state index >= 15 is 0 Å². The fraction of sp³-hybridized carbons (Fsp3) is 0.389. The molecular formula is C18H22ClN3O3S2. The number of nitrogens with one attached hydrogen (secondary N) is 1. The minimum Gasteiger partial charge on any atom is -0.350 e. The summed E-state index contributed by atoms with van der Waals surface area (Å²) in [5.74, 6) is -0.0441. The van der Waals surface area contributed by atoms with E-state index in [-0.39, 0.29) is 16.8 Å². The molecule has 1 aromatic carbocycles. The van der Waals surface area contributed by atoms with Gasteiger partial charge in [-0.2, -0.15) is 4.31 Å². The number of rotatable bonds is 6. The van der Waals surface area contributed by atoms with Crippen molar-refractivity contribution in [2.24, 2.45) is 0 Å². The molecule has 9 heteroatoms. The topological polar surface area (TPSA) is 69.7 Å². The number of hydrogen-bond donors (Lipinski definition) is 1. The Morgan fingerprint density at radius 3 is 2.44 bits per heavy atom. The molecule has 2 heterocycles. The van der Waals surface area contributed by atoms with Gasteiger partial charge < -0.3 is 5.32 Å². The molecule has 1 atom stereocenters. The maximum absolute atomic E-state index is 12.7. The molecule has 0 aliphatic carbocycles. The second-order valence-corrected chi connectivity index (χ2v) is 9.77. The standard InChI is InChI=1S/C18H22ClN3O3S2/c1-14(18(23)20-13-16-3-2-12-26-16)21-8-10-22(11-9-21)27(24,25)17-6-4-15(19)5-7-17/h2-7,12,14H,8-11,13H2,1H3,(H,20,23). The van der Waals surface area contributed by atoms with Gasteiger partial charge >= 0.3 is 0 Å². The van der Waals surface area contributed by atoms with Crippen LogP contribution in [0.25, 0.3) is 0 Å². The molecule has 1 aromatic heterocycles. The molecule has 0 spiro atoms. The maximum atomic E-state index is 12.7. The van der Waals surface area contributed by atoms with E-state index in [9.17, 15) is 13.2 Å². The Hall–Kier alpha value is -1.45. The zero-order valence-corrected chi connectivity index (χ0v) is 17.4. The molecule has 0 saturated carbocycles. The van der Waals surface area contributed by atoms with E-state index in [2.05, 4.69) is 5.32 Å². The molecule has 146 valence electrons. The van der Waals surface area contributed by atoms with Crippen LogP contribution >= 0.6 is 22.9 Å². The number of carbonyl (C=O) groups excluding carboxylic acids is 1. The Kier molecular flexibility index (Phi) is 6.54. The fourth-order valence-corrected chi connectivity index (χ4v) is 5.18. The molecule has 1 amide bonds. The second kappa shape index (κ2) is 8.70. The predicted molar refractivity (Wildman–Crippen MR) is 107 cm³/mol. The van der Waals surface area contributed by atoms with Gasteiger partial charge in [0.2, 0.25) is 15.9 Å². The number of nitrogens with zero attached hydrogens (tertiary/aromatic N) is 2. The van der Waals surface area contributed by atoms with Gasteiger partial charge in [-0.15, -0.1) is 11.3 Å². The summed E-state index contributed by atoms with van der Waals surface area (Å²) in [5.41, 5.74) is 0. The molecule has 2 aromatic rings. The summed E-state index contributed by atoms with van der Waals surface area (Å²) < 4.78 is 26.9. The first kappa shape index (κ1) is 20.3. The minimum atomic E-state index is -3.54. The van der Waals surface area contributed by atoms with Gasteiger partial charge in [-0.25, -0.2) is 8.42 Å². The Morgan fingerprint density at radius 1 is 1.19 bits per heavy atom. The van der Waals surface area contributed by atoms with Crippen molar-refractivity contribution in [2.75, 3.05) is 26.2 Å². The van der Waals surface area contributed by atoms with E-state index in [1.54, 1.807) is 23.5 Å². The van der Waals surface area contributed by atoms with E-state index in [1.165, 1.54) is 16.4 Å². The van der Waals surface area contributed by atoms with Crippen LogP contribution in [0.2, 0.25) is 5.02 Å². The quantitative estimate of drug-likeness (QED) is 0.768. The summed E-state index contributed by atoms with van der Waals surface area (Å²) in [4.78, 5) is 15.7. The van der Waals surface area contributed by atoms with Crippen molar-refractivity contribution in [3.8, 4) is 0 Å². The molecule has 0 bridgehead atoms. The zero-order chi connectivity index (χ0) is 19.4. The lowest BCUT2D eigenvalue weighted by molar-refractivity contribution is -0.126. The van der Waals surface area contributed by atoms with Gasteiger partial charge in [-0.1, -0.05) is 17.7 Å². The van der Waals surface area contributed by atoms with E-state index in [4.69, 9.17) is 11.6 Å². The SMILES string of the molecule is CC(C(=O)NCc1cccs1)N1CCN(S(=O)(=O)c2ccc(Cl)cc2)CC1. The highest BCUT2D eigenvalue weighted by molar-refractivity contribution is 7.89. The van der Waals surface area contributed by atoms with Crippen LogP contribution in [-0.2, 0) is 21.4 Å². The van der Waals surface area contributed by atoms with Crippen LogP contribution in [0.5, 0.6) is 0 Å². The van der Waals surface area contributed by atoms with E-state index < -0.39 is 10.0 Å². The number of halogens is 1. The van der Waals surface area contributed by atoms with Crippen molar-refractivity contribution < 1.29 is 13.2 Å². The number of thiophene rings is 1. The largest absolute Gasteiger partial charge is 0.350 e. The molecule has 27 heavy (non-hydrogen) atoms. The molecule has 1 N–H and O–H groups in total. The van der Waals surface area contributed by atoms with Crippen LogP contribution in [0.3, 0.4) is 0 Å². The van der Waals surface area contributed by atoms with Crippen molar-refractivity contribution in [2.45, 2.75) is 24.4 Å². The molecule has 1 unspecified atom stereocenters. The third-order valence-corrected chi connectivity index (χ3v) is 7.71. The molecule has 1 fully saturated rings. The third-order valence-electron chi connectivity index (χ3n) is 4.67. The number of piperazine rings is 1. The first-order chi connectivity index (χ1) is 12.9. The van der Waals surface area contributed by atoms with Gasteiger partial charge in [0.25, 0.3) is 0 Å². The average Bonchev–Trinajstić information content (AvgIpc) is 3.19. The Balaban J connectivity index is 1.54. The van der Waals surface area contributed by atoms with Crippen LogP contribution in [-0.4, -0.2) is 55.8 Å². The van der Waals surface area contributed by atoms with E-state index in [0.29, 0.717) is 37.7 Å². The molecular weight excluding hydrogens is 406 g/mol. The van der Waals surface area contributed by atoms with Gasteiger partial charge in [-0.3, -0.25) is 9.69 Å². The highest BCUT2D eigenvalue weighted by atomic mass is 35.5. The highest BCUT2D eigenvalue weighted by Gasteiger charge is 2.31. The van der Waals surface area contributed by atoms with Crippen molar-refractivity contribution in [1.82, 2.24) is 14.5 Å². The van der Waals surface area contributed by atoms with E-state index in [0.717, 1.165) is 4.88 Å². The summed E-state index contributed by atoms with van der Waals surface area (Å²) >= 11 is 7.44. The monoisotopic (exact) mass is 427 g/mol. The van der Waals surface area contributed by atoms with Crippen LogP contribution in [0.1, 0.15) is 11.8 Å². The lowest BCUT2D eigenvalue weighted by atomic mass is 10.2. The summed E-state index contributed by atoms with van der Waals surface area (Å²) in [6.07, 6.45) is 0. The van der Waals surface area contributed by atoms with Gasteiger partial charge in [0.1, 0.15) is 0 Å². The number of sulfonamides is 1. The minimum absolute atomic E-state index is 0.0441. The summed E-state index contributed by atoms with van der Waals surface area (Å²) in [5, 5.41) is 5.42. The molecule has 0 radical (unpaired) electrons. The molecule has 1 aliphatic rings. The van der Waals surface area contributed by atoms with Crippen LogP contribution in [0.4, 0.5) is 0 Å². The first-order valence-corrected chi connectivity index (χ1v) is 11.4. The van der Waals surface area contributed by atoms with E-state index in [1.807, 2.05) is 29.3 Å². The molecule has 1 aliphatic heterocycles. The Labute approximate surface area is 168 Å². The van der Waals surface area contributed by atoms with Gasteiger partial charge in [-0.05, 0) is 42.6 Å². The number of carbonyl (C=O) groups is 1. The Morgan fingerprint density at radius 2 is 1.85 bits per heavy atom. The van der Waals surface area contributed by atoms with Gasteiger partial charge in [0.15, 0.2) is 0 Å². The number of hydrogen-bond acceptors (Lipinski definition) is 5. The predicted octanol–water partition coefficient (Wildman–Crippen LogP) is 2.41. The lowest BCUT2D eigenvalue weighted by Gasteiger charge is -2.36. The van der Waals surface area contributed by atoms with Crippen molar-refractivity contribution >= 4 is 38.9 Å². The average molecular weight is 428 g/mol. The van der Waals surface area contributed by atoms with Crippen LogP contribution in [0.15, 0.2) is 46.7 Å². The zero-order valence-electron chi connectivity index (χ0n) is 15.0. The van der Waals surface area contributed by atoms with Gasteiger partial charge in [0.05, 0.1) is 17.5 Å². The number of amides is 1. The van der Waals surface area contributed by atoms with Crippen LogP contribution < -0.4 is 5.32 Å². The second-order valence-electron chi connectivity index (χ2n) is 6.37. The summed E-state index contributed by atoms with van der Waals surface area (Å²) in [6, 6.07) is 9.82. The third kappa shape index (κ3) is 4.89. The molecule has 1 saturated heterocycles. The highest BCUT2D eigenvalue weighted by Crippen LogP contribution is 2.20.